The number of nitro benzene ring substituents is 1. The van der Waals surface area contributed by atoms with Gasteiger partial charge in [-0.3, -0.25) is 10.1 Å². The number of anilines is 2. The Labute approximate surface area is 140 Å². The second kappa shape index (κ2) is 6.11. The summed E-state index contributed by atoms with van der Waals surface area (Å²) in [6.45, 7) is 0. The predicted octanol–water partition coefficient (Wildman–Crippen LogP) is 3.67. The van der Waals surface area contributed by atoms with Crippen LogP contribution >= 0.6 is 0 Å². The van der Waals surface area contributed by atoms with Crippen molar-refractivity contribution in [2.24, 2.45) is 0 Å². The molecule has 1 heterocycles. The molecule has 25 heavy (non-hydrogen) atoms. The molecule has 0 unspecified atom stereocenters. The highest BCUT2D eigenvalue weighted by Gasteiger charge is 2.23. The minimum atomic E-state index is -1.31. The second-order valence-corrected chi connectivity index (χ2v) is 5.14. The van der Waals surface area contributed by atoms with Gasteiger partial charge in [0.25, 0.3) is 5.69 Å². The van der Waals surface area contributed by atoms with Crippen molar-refractivity contribution in [2.75, 3.05) is 12.4 Å². The van der Waals surface area contributed by atoms with E-state index in [1.54, 1.807) is 24.3 Å². The van der Waals surface area contributed by atoms with Crippen LogP contribution < -0.4 is 10.1 Å². The molecule has 0 bridgehead atoms. The maximum atomic E-state index is 14.5. The molecule has 0 spiro atoms. The van der Waals surface area contributed by atoms with Gasteiger partial charge in [0.15, 0.2) is 5.82 Å². The molecule has 9 heteroatoms. The molecule has 2 aromatic carbocycles. The van der Waals surface area contributed by atoms with Crippen molar-refractivity contribution in [3.8, 4) is 5.75 Å². The smallest absolute Gasteiger partial charge is 0.352 e. The zero-order valence-electron chi connectivity index (χ0n) is 12.9. The van der Waals surface area contributed by atoms with Gasteiger partial charge in [0.05, 0.1) is 23.8 Å². The van der Waals surface area contributed by atoms with Gasteiger partial charge >= 0.3 is 5.97 Å². The number of carboxylic acid groups (broad SMARTS) is 1. The Kier molecular flexibility index (Phi) is 3.97. The molecule has 0 radical (unpaired) electrons. The lowest BCUT2D eigenvalue weighted by atomic mass is 10.1. The highest BCUT2D eigenvalue weighted by atomic mass is 19.1. The molecule has 0 aliphatic heterocycles. The number of methoxy groups -OCH3 is 1. The third-order valence-corrected chi connectivity index (χ3v) is 3.61. The van der Waals surface area contributed by atoms with Gasteiger partial charge in [0, 0.05) is 17.1 Å². The number of aromatic nitrogens is 1. The summed E-state index contributed by atoms with van der Waals surface area (Å²) in [5.74, 6) is -1.65. The quantitative estimate of drug-likeness (QED) is 0.480. The van der Waals surface area contributed by atoms with Crippen molar-refractivity contribution < 1.29 is 24.0 Å². The van der Waals surface area contributed by atoms with E-state index >= 15 is 0 Å². The van der Waals surface area contributed by atoms with Crippen LogP contribution in [0.2, 0.25) is 0 Å². The van der Waals surface area contributed by atoms with Crippen LogP contribution in [0.3, 0.4) is 0 Å². The number of nitro groups is 1. The Morgan fingerprint density at radius 2 is 2.12 bits per heavy atom. The molecule has 0 saturated heterocycles. The zero-order chi connectivity index (χ0) is 18.1. The minimum absolute atomic E-state index is 0.0620. The number of aromatic amines is 1. The number of hydrogen-bond acceptors (Lipinski definition) is 5. The Hall–Kier alpha value is -3.62. The Morgan fingerprint density at radius 3 is 2.76 bits per heavy atom. The highest BCUT2D eigenvalue weighted by Crippen LogP contribution is 2.36. The maximum absolute atomic E-state index is 14.5. The molecule has 3 aromatic rings. The molecule has 0 aliphatic carbocycles. The Bertz CT molecular complexity index is 999. The first kappa shape index (κ1) is 16.2. The largest absolute Gasteiger partial charge is 0.497 e. The number of benzene rings is 2. The number of H-pyrrole nitrogens is 1. The summed E-state index contributed by atoms with van der Waals surface area (Å²) in [4.78, 5) is 24.0. The fraction of sp³-hybridized carbons (Fsp3) is 0.0625. The first-order valence-electron chi connectivity index (χ1n) is 7.04. The van der Waals surface area contributed by atoms with E-state index in [1.807, 2.05) is 0 Å². The number of halogens is 1. The lowest BCUT2D eigenvalue weighted by Gasteiger charge is -2.10. The number of carboxylic acids is 1. The number of fused-ring (bicyclic) bond motifs is 1. The number of ether oxygens (including phenoxy) is 1. The topological polar surface area (TPSA) is 117 Å². The second-order valence-electron chi connectivity index (χ2n) is 5.14. The van der Waals surface area contributed by atoms with E-state index in [-0.39, 0.29) is 22.3 Å². The summed E-state index contributed by atoms with van der Waals surface area (Å²) < 4.78 is 19.5. The van der Waals surface area contributed by atoms with Gasteiger partial charge < -0.3 is 20.1 Å². The SMILES string of the molecule is COc1cccc(Nc2c(F)cc([N+](=O)[O-])c3[nH]c(C(=O)O)cc23)c1. The monoisotopic (exact) mass is 345 g/mol. The number of nitrogens with zero attached hydrogens (tertiary/aromatic N) is 1. The lowest BCUT2D eigenvalue weighted by Crippen LogP contribution is -1.98. The predicted molar refractivity (Wildman–Crippen MR) is 88.1 cm³/mol. The Balaban J connectivity index is 2.20. The van der Waals surface area contributed by atoms with E-state index in [0.29, 0.717) is 11.4 Å². The first-order chi connectivity index (χ1) is 11.9. The van der Waals surface area contributed by atoms with E-state index in [9.17, 15) is 19.3 Å². The molecule has 0 fully saturated rings. The maximum Gasteiger partial charge on any atom is 0.352 e. The molecule has 3 rings (SSSR count). The van der Waals surface area contributed by atoms with Crippen LogP contribution in [0.4, 0.5) is 21.5 Å². The van der Waals surface area contributed by atoms with Crippen LogP contribution in [-0.2, 0) is 0 Å². The molecule has 0 amide bonds. The third-order valence-electron chi connectivity index (χ3n) is 3.61. The molecule has 1 aromatic heterocycles. The van der Waals surface area contributed by atoms with Crippen molar-refractivity contribution in [2.45, 2.75) is 0 Å². The number of nitrogens with one attached hydrogen (secondary N) is 2. The average molecular weight is 345 g/mol. The summed E-state index contributed by atoms with van der Waals surface area (Å²) in [5, 5.41) is 23.1. The van der Waals surface area contributed by atoms with Crippen molar-refractivity contribution in [1.82, 2.24) is 4.98 Å². The zero-order valence-corrected chi connectivity index (χ0v) is 12.9. The molecule has 0 atom stereocenters. The minimum Gasteiger partial charge on any atom is -0.497 e. The third kappa shape index (κ3) is 2.94. The molecule has 3 N–H and O–H groups in total. The fourth-order valence-corrected chi connectivity index (χ4v) is 2.48. The van der Waals surface area contributed by atoms with Gasteiger partial charge in [-0.05, 0) is 18.2 Å². The summed E-state index contributed by atoms with van der Waals surface area (Å²) >= 11 is 0. The summed E-state index contributed by atoms with van der Waals surface area (Å²) in [7, 11) is 1.48. The van der Waals surface area contributed by atoms with Crippen molar-refractivity contribution in [3.63, 3.8) is 0 Å². The Morgan fingerprint density at radius 1 is 1.36 bits per heavy atom. The van der Waals surface area contributed by atoms with E-state index < -0.39 is 22.4 Å². The van der Waals surface area contributed by atoms with E-state index in [1.165, 1.54) is 7.11 Å². The van der Waals surface area contributed by atoms with Gasteiger partial charge in [-0.1, -0.05) is 6.07 Å². The summed E-state index contributed by atoms with van der Waals surface area (Å²) in [6.07, 6.45) is 0. The van der Waals surface area contributed by atoms with Gasteiger partial charge in [0.2, 0.25) is 0 Å². The van der Waals surface area contributed by atoms with E-state index in [2.05, 4.69) is 10.3 Å². The van der Waals surface area contributed by atoms with Gasteiger partial charge in [-0.25, -0.2) is 9.18 Å². The summed E-state index contributed by atoms with van der Waals surface area (Å²) in [5.41, 5.74) is -0.494. The lowest BCUT2D eigenvalue weighted by molar-refractivity contribution is -0.383. The van der Waals surface area contributed by atoms with Crippen molar-refractivity contribution in [3.05, 3.63) is 58.0 Å². The van der Waals surface area contributed by atoms with Crippen LogP contribution in [-0.4, -0.2) is 28.1 Å². The standard InChI is InChI=1S/C16H12FN3O5/c1-25-9-4-2-3-8(5-9)18-14-10-6-12(16(21)22)19-15(10)13(20(23)24)7-11(14)17/h2-7,18-19H,1H3,(H,21,22). The summed E-state index contributed by atoms with van der Waals surface area (Å²) in [6, 6.07) is 8.54. The van der Waals surface area contributed by atoms with E-state index in [4.69, 9.17) is 9.84 Å². The van der Waals surface area contributed by atoms with Crippen molar-refractivity contribution in [1.29, 1.82) is 0 Å². The number of rotatable bonds is 5. The molecule has 128 valence electrons. The van der Waals surface area contributed by atoms with Gasteiger partial charge in [-0.2, -0.15) is 0 Å². The number of carbonyl (C=O) groups is 1. The first-order valence-corrected chi connectivity index (χ1v) is 7.04. The molecule has 8 nitrogen and oxygen atoms in total. The van der Waals surface area contributed by atoms with Crippen molar-refractivity contribution >= 4 is 33.9 Å². The van der Waals surface area contributed by atoms with Crippen LogP contribution in [0.1, 0.15) is 10.5 Å². The van der Waals surface area contributed by atoms with Crippen LogP contribution in [0.15, 0.2) is 36.4 Å². The van der Waals surface area contributed by atoms with Gasteiger partial charge in [-0.15, -0.1) is 0 Å². The van der Waals surface area contributed by atoms with Crippen LogP contribution in [0, 0.1) is 15.9 Å². The molecular formula is C16H12FN3O5. The van der Waals surface area contributed by atoms with E-state index in [0.717, 1.165) is 12.1 Å². The number of non-ortho nitro benzene ring substituents is 1. The number of aromatic carboxylic acids is 1. The van der Waals surface area contributed by atoms with Crippen LogP contribution in [0.25, 0.3) is 10.9 Å². The van der Waals surface area contributed by atoms with Crippen LogP contribution in [0.5, 0.6) is 5.75 Å². The number of hydrogen-bond donors (Lipinski definition) is 3. The molecular weight excluding hydrogens is 333 g/mol. The molecule has 0 saturated carbocycles. The van der Waals surface area contributed by atoms with Gasteiger partial charge in [0.1, 0.15) is 17.0 Å². The highest BCUT2D eigenvalue weighted by molar-refractivity contribution is 6.04. The molecule has 0 aliphatic rings. The average Bonchev–Trinajstić information content (AvgIpc) is 3.02. The fourth-order valence-electron chi connectivity index (χ4n) is 2.48. The normalized spacial score (nSPS) is 10.6.